The maximum atomic E-state index is 6.66. The number of hydrogen-bond acceptors (Lipinski definition) is 3. The number of anilines is 3. The number of ether oxygens (including phenoxy) is 1. The third-order valence-corrected chi connectivity index (χ3v) is 12.0. The van der Waals surface area contributed by atoms with E-state index in [-0.39, 0.29) is 10.8 Å². The maximum absolute atomic E-state index is 6.66. The molecule has 0 aromatic heterocycles. The molecule has 0 unspecified atom stereocenters. The molecule has 0 saturated heterocycles. The third-order valence-electron chi connectivity index (χ3n) is 10.8. The van der Waals surface area contributed by atoms with E-state index in [2.05, 4.69) is 196 Å². The molecule has 51 heavy (non-hydrogen) atoms. The largest absolute Gasteiger partial charge is 0.456 e. The van der Waals surface area contributed by atoms with Gasteiger partial charge in [0.2, 0.25) is 0 Å². The van der Waals surface area contributed by atoms with E-state index in [1.807, 2.05) is 11.8 Å². The zero-order chi connectivity index (χ0) is 34.7. The minimum atomic E-state index is -0.167. The molecule has 0 N–H and O–H groups in total. The van der Waals surface area contributed by atoms with Crippen molar-refractivity contribution in [3.63, 3.8) is 0 Å². The Labute approximate surface area is 305 Å². The Morgan fingerprint density at radius 3 is 1.75 bits per heavy atom. The summed E-state index contributed by atoms with van der Waals surface area (Å²) in [5.41, 5.74) is 12.9. The SMILES string of the molecule is CC1(C)c2ccccc2Oc2c(-c3ccc(N(c4ccc(-c5ccccc5)cc4)c4cccc5c4Sc4ccccc4C5(C)C)cc3)cccc21. The second kappa shape index (κ2) is 12.1. The first kappa shape index (κ1) is 31.5. The highest BCUT2D eigenvalue weighted by atomic mass is 32.2. The van der Waals surface area contributed by atoms with Crippen LogP contribution in [0.3, 0.4) is 0 Å². The third kappa shape index (κ3) is 5.18. The highest BCUT2D eigenvalue weighted by Gasteiger charge is 2.36. The molecular formula is C48H39NOS. The first-order chi connectivity index (χ1) is 24.8. The van der Waals surface area contributed by atoms with E-state index >= 15 is 0 Å². The lowest BCUT2D eigenvalue weighted by Crippen LogP contribution is -2.25. The van der Waals surface area contributed by atoms with Crippen LogP contribution in [-0.2, 0) is 10.8 Å². The number of nitrogens with zero attached hydrogens (tertiary/aromatic N) is 1. The quantitative estimate of drug-likeness (QED) is 0.180. The van der Waals surface area contributed by atoms with Crippen molar-refractivity contribution >= 4 is 28.8 Å². The van der Waals surface area contributed by atoms with Crippen LogP contribution in [0.15, 0.2) is 174 Å². The molecule has 2 aliphatic rings. The molecule has 0 atom stereocenters. The van der Waals surface area contributed by atoms with Gasteiger partial charge in [-0.25, -0.2) is 0 Å². The summed E-state index contributed by atoms with van der Waals surface area (Å²) in [5, 5.41) is 0. The van der Waals surface area contributed by atoms with Gasteiger partial charge in [-0.1, -0.05) is 161 Å². The molecule has 0 amide bonds. The molecule has 9 rings (SSSR count). The van der Waals surface area contributed by atoms with Gasteiger partial charge in [0.15, 0.2) is 0 Å². The van der Waals surface area contributed by atoms with Crippen LogP contribution in [0.25, 0.3) is 22.3 Å². The van der Waals surface area contributed by atoms with Crippen molar-refractivity contribution in [3.05, 3.63) is 186 Å². The summed E-state index contributed by atoms with van der Waals surface area (Å²) in [5.74, 6) is 1.87. The van der Waals surface area contributed by atoms with Crippen molar-refractivity contribution in [2.45, 2.75) is 48.3 Å². The molecular weight excluding hydrogens is 639 g/mol. The van der Waals surface area contributed by atoms with Gasteiger partial charge in [0.1, 0.15) is 11.5 Å². The van der Waals surface area contributed by atoms with Crippen LogP contribution in [0, 0.1) is 0 Å². The molecule has 7 aromatic rings. The Hall–Kier alpha value is -5.51. The van der Waals surface area contributed by atoms with E-state index in [9.17, 15) is 0 Å². The van der Waals surface area contributed by atoms with Gasteiger partial charge in [-0.05, 0) is 70.3 Å². The molecule has 0 radical (unpaired) electrons. The Morgan fingerprint density at radius 1 is 0.451 bits per heavy atom. The standard InChI is InChI=1S/C48H39NOS/c1-47(2)38-17-8-10-22-43(38)50-45-37(16-12-19-40(45)47)34-26-30-36(31-27-34)49(35-28-24-33(25-29-35)32-14-6-5-7-15-32)42-21-13-20-41-46(42)51-44-23-11-9-18-39(44)48(41,3)4/h5-31H,1-4H3. The zero-order valence-corrected chi connectivity index (χ0v) is 30.2. The molecule has 2 heterocycles. The Balaban J connectivity index is 1.17. The van der Waals surface area contributed by atoms with Crippen molar-refractivity contribution in [1.82, 2.24) is 0 Å². The number of hydrogen-bond donors (Lipinski definition) is 0. The molecule has 0 fully saturated rings. The summed E-state index contributed by atoms with van der Waals surface area (Å²) >= 11 is 1.88. The molecule has 0 aliphatic carbocycles. The summed E-state index contributed by atoms with van der Waals surface area (Å²) in [6, 6.07) is 59.2. The zero-order valence-electron chi connectivity index (χ0n) is 29.4. The normalized spacial score (nSPS) is 14.7. The second-order valence-electron chi connectivity index (χ2n) is 14.6. The van der Waals surface area contributed by atoms with Gasteiger partial charge < -0.3 is 9.64 Å². The van der Waals surface area contributed by atoms with E-state index < -0.39 is 0 Å². The minimum absolute atomic E-state index is 0.126. The van der Waals surface area contributed by atoms with Crippen LogP contribution in [0.2, 0.25) is 0 Å². The van der Waals surface area contributed by atoms with E-state index in [1.165, 1.54) is 48.9 Å². The predicted molar refractivity (Wildman–Crippen MR) is 213 cm³/mol. The summed E-state index contributed by atoms with van der Waals surface area (Å²) < 4.78 is 6.66. The van der Waals surface area contributed by atoms with Crippen molar-refractivity contribution in [2.75, 3.05) is 4.90 Å². The van der Waals surface area contributed by atoms with Crippen molar-refractivity contribution in [2.24, 2.45) is 0 Å². The fourth-order valence-electron chi connectivity index (χ4n) is 7.97. The van der Waals surface area contributed by atoms with E-state index in [0.29, 0.717) is 0 Å². The lowest BCUT2D eigenvalue weighted by atomic mass is 9.75. The first-order valence-electron chi connectivity index (χ1n) is 17.7. The van der Waals surface area contributed by atoms with Gasteiger partial charge in [0.25, 0.3) is 0 Å². The highest BCUT2D eigenvalue weighted by molar-refractivity contribution is 7.99. The summed E-state index contributed by atoms with van der Waals surface area (Å²) in [6.45, 7) is 9.28. The smallest absolute Gasteiger partial charge is 0.139 e. The fourth-order valence-corrected chi connectivity index (χ4v) is 9.47. The maximum Gasteiger partial charge on any atom is 0.139 e. The van der Waals surface area contributed by atoms with Gasteiger partial charge in [-0.2, -0.15) is 0 Å². The number of rotatable bonds is 5. The van der Waals surface area contributed by atoms with Crippen LogP contribution in [-0.4, -0.2) is 0 Å². The lowest BCUT2D eigenvalue weighted by Gasteiger charge is -2.37. The summed E-state index contributed by atoms with van der Waals surface area (Å²) in [6.07, 6.45) is 0. The topological polar surface area (TPSA) is 12.5 Å². The van der Waals surface area contributed by atoms with Crippen LogP contribution >= 0.6 is 11.8 Å². The minimum Gasteiger partial charge on any atom is -0.456 e. The molecule has 0 bridgehead atoms. The Bertz CT molecular complexity index is 2410. The van der Waals surface area contributed by atoms with Gasteiger partial charge in [0.05, 0.1) is 5.69 Å². The molecule has 3 heteroatoms. The number of para-hydroxylation sites is 2. The van der Waals surface area contributed by atoms with Crippen molar-refractivity contribution < 1.29 is 4.74 Å². The van der Waals surface area contributed by atoms with Crippen LogP contribution in [0.4, 0.5) is 17.1 Å². The molecule has 0 saturated carbocycles. The van der Waals surface area contributed by atoms with Crippen molar-refractivity contribution in [3.8, 4) is 33.8 Å². The summed E-state index contributed by atoms with van der Waals surface area (Å²) in [4.78, 5) is 5.03. The van der Waals surface area contributed by atoms with Gasteiger partial charge >= 0.3 is 0 Å². The average molecular weight is 678 g/mol. The Kier molecular flexibility index (Phi) is 7.45. The summed E-state index contributed by atoms with van der Waals surface area (Å²) in [7, 11) is 0. The molecule has 248 valence electrons. The fraction of sp³-hybridized carbons (Fsp3) is 0.125. The van der Waals surface area contributed by atoms with Crippen LogP contribution < -0.4 is 9.64 Å². The van der Waals surface area contributed by atoms with Gasteiger partial charge in [-0.15, -0.1) is 0 Å². The molecule has 2 aliphatic heterocycles. The first-order valence-corrected chi connectivity index (χ1v) is 18.5. The van der Waals surface area contributed by atoms with Gasteiger partial charge in [-0.3, -0.25) is 0 Å². The average Bonchev–Trinajstić information content (AvgIpc) is 3.16. The molecule has 2 nitrogen and oxygen atoms in total. The highest BCUT2D eigenvalue weighted by Crippen LogP contribution is 2.55. The predicted octanol–water partition coefficient (Wildman–Crippen LogP) is 13.7. The van der Waals surface area contributed by atoms with E-state index in [4.69, 9.17) is 4.74 Å². The monoisotopic (exact) mass is 677 g/mol. The second-order valence-corrected chi connectivity index (χ2v) is 15.6. The Morgan fingerprint density at radius 2 is 1.00 bits per heavy atom. The van der Waals surface area contributed by atoms with Gasteiger partial charge in [0, 0.05) is 48.7 Å². The van der Waals surface area contributed by atoms with E-state index in [0.717, 1.165) is 34.0 Å². The van der Waals surface area contributed by atoms with Crippen LogP contribution in [0.1, 0.15) is 49.9 Å². The number of fused-ring (bicyclic) bond motifs is 4. The van der Waals surface area contributed by atoms with E-state index in [1.54, 1.807) is 0 Å². The molecule has 7 aromatic carbocycles. The lowest BCUT2D eigenvalue weighted by molar-refractivity contribution is 0.419. The van der Waals surface area contributed by atoms with Crippen molar-refractivity contribution in [1.29, 1.82) is 0 Å². The number of benzene rings is 7. The van der Waals surface area contributed by atoms with Crippen LogP contribution in [0.5, 0.6) is 11.5 Å². The molecule has 0 spiro atoms.